The molecule has 0 spiro atoms. The number of para-hydroxylation sites is 1. The van der Waals surface area contributed by atoms with Gasteiger partial charge in [0.15, 0.2) is 5.69 Å². The molecule has 1 aromatic heterocycles. The zero-order chi connectivity index (χ0) is 17.8. The van der Waals surface area contributed by atoms with Gasteiger partial charge in [0.2, 0.25) is 5.88 Å². The van der Waals surface area contributed by atoms with Crippen molar-refractivity contribution in [2.75, 3.05) is 6.54 Å². The summed E-state index contributed by atoms with van der Waals surface area (Å²) in [6.07, 6.45) is 0. The Morgan fingerprint density at radius 1 is 1.16 bits per heavy atom. The topological polar surface area (TPSA) is 107 Å². The number of halogens is 1. The van der Waals surface area contributed by atoms with E-state index in [1.54, 1.807) is 42.5 Å². The predicted molar refractivity (Wildman–Crippen MR) is 93.3 cm³/mol. The first-order valence-electron chi connectivity index (χ1n) is 7.32. The number of amides is 2. The van der Waals surface area contributed by atoms with Gasteiger partial charge >= 0.3 is 0 Å². The van der Waals surface area contributed by atoms with Crippen molar-refractivity contribution < 1.29 is 14.7 Å². The lowest BCUT2D eigenvalue weighted by atomic mass is 10.2. The Morgan fingerprint density at radius 2 is 1.96 bits per heavy atom. The molecule has 0 fully saturated rings. The van der Waals surface area contributed by atoms with Gasteiger partial charge in [-0.25, -0.2) is 0 Å². The van der Waals surface area contributed by atoms with E-state index >= 15 is 0 Å². The first-order valence-corrected chi connectivity index (χ1v) is 7.70. The summed E-state index contributed by atoms with van der Waals surface area (Å²) in [6.45, 7) is -0.321. The number of carbonyl (C=O) groups is 2. The van der Waals surface area contributed by atoms with Gasteiger partial charge in [-0.2, -0.15) is 0 Å². The summed E-state index contributed by atoms with van der Waals surface area (Å²) >= 11 is 5.81. The second-order valence-corrected chi connectivity index (χ2v) is 5.59. The van der Waals surface area contributed by atoms with Gasteiger partial charge < -0.3 is 15.4 Å². The summed E-state index contributed by atoms with van der Waals surface area (Å²) in [4.78, 5) is 26.5. The number of H-pyrrole nitrogens is 1. The summed E-state index contributed by atoms with van der Waals surface area (Å²) in [7, 11) is 0. The molecule has 0 saturated carbocycles. The average molecular weight is 357 g/mol. The lowest BCUT2D eigenvalue weighted by molar-refractivity contribution is -0.117. The monoisotopic (exact) mass is 356 g/mol. The van der Waals surface area contributed by atoms with E-state index in [1.807, 2.05) is 0 Å². The van der Waals surface area contributed by atoms with Crippen molar-refractivity contribution in [3.05, 3.63) is 59.1 Å². The van der Waals surface area contributed by atoms with Crippen LogP contribution >= 0.6 is 11.6 Å². The number of nitrogens with zero attached hydrogens (tertiary/aromatic N) is 2. The molecule has 0 aliphatic rings. The molecule has 2 amide bonds. The number of aromatic nitrogens is 1. The van der Waals surface area contributed by atoms with Crippen molar-refractivity contribution in [2.24, 2.45) is 10.2 Å². The second-order valence-electron chi connectivity index (χ2n) is 5.15. The number of aromatic amines is 1. The van der Waals surface area contributed by atoms with E-state index in [1.165, 1.54) is 6.07 Å². The Kier molecular flexibility index (Phi) is 4.76. The van der Waals surface area contributed by atoms with Gasteiger partial charge in [-0.15, -0.1) is 10.2 Å². The molecule has 3 N–H and O–H groups in total. The maximum absolute atomic E-state index is 11.9. The van der Waals surface area contributed by atoms with Crippen LogP contribution in [0.15, 0.2) is 58.8 Å². The molecule has 25 heavy (non-hydrogen) atoms. The van der Waals surface area contributed by atoms with E-state index in [4.69, 9.17) is 11.6 Å². The van der Waals surface area contributed by atoms with Gasteiger partial charge in [0.1, 0.15) is 6.54 Å². The summed E-state index contributed by atoms with van der Waals surface area (Å²) < 4.78 is 0. The number of hydrogen-bond donors (Lipinski definition) is 3. The van der Waals surface area contributed by atoms with Gasteiger partial charge in [-0.3, -0.25) is 9.59 Å². The molecule has 3 aromatic rings. The second kappa shape index (κ2) is 7.14. The van der Waals surface area contributed by atoms with Crippen LogP contribution in [0.4, 0.5) is 5.69 Å². The van der Waals surface area contributed by atoms with E-state index in [0.717, 1.165) is 0 Å². The molecule has 8 heteroatoms. The van der Waals surface area contributed by atoms with E-state index in [9.17, 15) is 14.7 Å². The van der Waals surface area contributed by atoms with Crippen LogP contribution in [0.5, 0.6) is 5.88 Å². The first-order chi connectivity index (χ1) is 12.0. The molecule has 2 aromatic carbocycles. The molecule has 0 radical (unpaired) electrons. The number of nitrogens with one attached hydrogen (secondary N) is 2. The fraction of sp³-hybridized carbons (Fsp3) is 0.0588. The Hall–Kier alpha value is -3.19. The van der Waals surface area contributed by atoms with Crippen LogP contribution in [0.25, 0.3) is 10.9 Å². The minimum atomic E-state index is -0.653. The van der Waals surface area contributed by atoms with Crippen LogP contribution in [0, 0.1) is 0 Å². The van der Waals surface area contributed by atoms with Crippen LogP contribution in [0.1, 0.15) is 10.4 Å². The fourth-order valence-electron chi connectivity index (χ4n) is 2.24. The minimum Gasteiger partial charge on any atom is -0.493 e. The van der Waals surface area contributed by atoms with Gasteiger partial charge in [0, 0.05) is 16.0 Å². The third kappa shape index (κ3) is 3.84. The maximum atomic E-state index is 11.9. The highest BCUT2D eigenvalue weighted by atomic mass is 35.5. The molecule has 0 bridgehead atoms. The Labute approximate surface area is 147 Å². The number of carbonyl (C=O) groups excluding carboxylic acids is 2. The zero-order valence-electron chi connectivity index (χ0n) is 12.9. The predicted octanol–water partition coefficient (Wildman–Crippen LogP) is 3.57. The number of fused-ring (bicyclic) bond motifs is 1. The molecular formula is C17H13ClN4O3. The van der Waals surface area contributed by atoms with E-state index in [0.29, 0.717) is 21.5 Å². The number of aromatic hydroxyl groups is 1. The number of azo groups is 1. The van der Waals surface area contributed by atoms with Gasteiger partial charge in [0.25, 0.3) is 11.8 Å². The quantitative estimate of drug-likeness (QED) is 0.622. The largest absolute Gasteiger partial charge is 0.493 e. The molecular weight excluding hydrogens is 344 g/mol. The third-order valence-corrected chi connectivity index (χ3v) is 3.64. The molecule has 0 atom stereocenters. The minimum absolute atomic E-state index is 0.171. The fourth-order valence-corrected chi connectivity index (χ4v) is 2.43. The number of hydrogen-bond acceptors (Lipinski definition) is 4. The van der Waals surface area contributed by atoms with Crippen molar-refractivity contribution >= 4 is 40.0 Å². The lowest BCUT2D eigenvalue weighted by Gasteiger charge is -2.02. The number of rotatable bonds is 4. The summed E-state index contributed by atoms with van der Waals surface area (Å²) in [5, 5.41) is 20.6. The molecule has 1 heterocycles. The van der Waals surface area contributed by atoms with E-state index < -0.39 is 11.8 Å². The average Bonchev–Trinajstić information content (AvgIpc) is 2.93. The SMILES string of the molecule is O=C(CNC(=O)c1cccc(Cl)c1)N=Nc1c(O)[nH]c2ccccc12. The standard InChI is InChI=1S/C17H13ClN4O3/c18-11-5-3-4-10(8-11)16(24)19-9-14(23)21-22-15-12-6-1-2-7-13(12)20-17(15)25/h1-8,20,25H,9H2,(H,19,24). The van der Waals surface area contributed by atoms with Crippen molar-refractivity contribution in [2.45, 2.75) is 0 Å². The highest BCUT2D eigenvalue weighted by Gasteiger charge is 2.11. The smallest absolute Gasteiger partial charge is 0.283 e. The first kappa shape index (κ1) is 16.7. The van der Waals surface area contributed by atoms with Crippen LogP contribution in [0.2, 0.25) is 5.02 Å². The van der Waals surface area contributed by atoms with E-state index in [2.05, 4.69) is 20.5 Å². The van der Waals surface area contributed by atoms with Gasteiger partial charge in [0.05, 0.1) is 5.52 Å². The molecule has 126 valence electrons. The summed E-state index contributed by atoms with van der Waals surface area (Å²) in [6, 6.07) is 13.4. The van der Waals surface area contributed by atoms with Gasteiger partial charge in [-0.1, -0.05) is 35.9 Å². The van der Waals surface area contributed by atoms with Crippen LogP contribution in [-0.4, -0.2) is 28.4 Å². The normalized spacial score (nSPS) is 11.1. The van der Waals surface area contributed by atoms with Crippen molar-refractivity contribution in [1.29, 1.82) is 0 Å². The van der Waals surface area contributed by atoms with Crippen molar-refractivity contribution in [3.8, 4) is 5.88 Å². The number of benzene rings is 2. The summed E-state index contributed by atoms with van der Waals surface area (Å²) in [5.41, 5.74) is 1.19. The lowest BCUT2D eigenvalue weighted by Crippen LogP contribution is -2.28. The van der Waals surface area contributed by atoms with Gasteiger partial charge in [-0.05, 0) is 24.3 Å². The molecule has 0 aliphatic carbocycles. The molecule has 3 rings (SSSR count). The zero-order valence-corrected chi connectivity index (χ0v) is 13.6. The highest BCUT2D eigenvalue weighted by molar-refractivity contribution is 6.31. The van der Waals surface area contributed by atoms with Crippen molar-refractivity contribution in [1.82, 2.24) is 10.3 Å². The van der Waals surface area contributed by atoms with Crippen LogP contribution in [0.3, 0.4) is 0 Å². The molecule has 7 nitrogen and oxygen atoms in total. The third-order valence-electron chi connectivity index (χ3n) is 3.41. The Morgan fingerprint density at radius 3 is 2.76 bits per heavy atom. The van der Waals surface area contributed by atoms with Crippen LogP contribution < -0.4 is 5.32 Å². The molecule has 0 unspecified atom stereocenters. The summed E-state index contributed by atoms with van der Waals surface area (Å²) in [5.74, 6) is -1.28. The van der Waals surface area contributed by atoms with E-state index in [-0.39, 0.29) is 18.1 Å². The van der Waals surface area contributed by atoms with Crippen LogP contribution in [-0.2, 0) is 4.79 Å². The highest BCUT2D eigenvalue weighted by Crippen LogP contribution is 2.35. The molecule has 0 aliphatic heterocycles. The Bertz CT molecular complexity index is 981. The molecule has 0 saturated heterocycles. The Balaban J connectivity index is 1.65. The maximum Gasteiger partial charge on any atom is 0.283 e. The van der Waals surface area contributed by atoms with Crippen molar-refractivity contribution in [3.63, 3.8) is 0 Å².